The lowest BCUT2D eigenvalue weighted by molar-refractivity contribution is -0.384. The number of sulfone groups is 1. The number of hydrogen-bond acceptors (Lipinski definition) is 5. The molecule has 0 amide bonds. The van der Waals surface area contributed by atoms with Crippen LogP contribution in [0.3, 0.4) is 0 Å². The highest BCUT2D eigenvalue weighted by Crippen LogP contribution is 2.30. The van der Waals surface area contributed by atoms with E-state index in [1.807, 2.05) is 0 Å². The lowest BCUT2D eigenvalue weighted by Crippen LogP contribution is -2.15. The third-order valence-corrected chi connectivity index (χ3v) is 3.58. The quantitative estimate of drug-likeness (QED) is 0.653. The van der Waals surface area contributed by atoms with Crippen LogP contribution in [0, 0.1) is 15.9 Å². The number of nitrogens with one attached hydrogen (secondary N) is 1. The molecular formula is C9H10BrFN2O4S. The Labute approximate surface area is 111 Å². The maximum atomic E-state index is 13.3. The van der Waals surface area contributed by atoms with Gasteiger partial charge in [0.1, 0.15) is 21.3 Å². The van der Waals surface area contributed by atoms with E-state index in [1.54, 1.807) is 0 Å². The number of halogens is 2. The van der Waals surface area contributed by atoms with E-state index >= 15 is 0 Å². The smallest absolute Gasteiger partial charge is 0.293 e. The van der Waals surface area contributed by atoms with Gasteiger partial charge in [-0.25, -0.2) is 12.8 Å². The van der Waals surface area contributed by atoms with Gasteiger partial charge < -0.3 is 5.32 Å². The molecule has 0 aromatic heterocycles. The number of benzene rings is 1. The third kappa shape index (κ3) is 4.22. The Morgan fingerprint density at radius 1 is 1.50 bits per heavy atom. The molecular weight excluding hydrogens is 331 g/mol. The highest BCUT2D eigenvalue weighted by Gasteiger charge is 2.17. The van der Waals surface area contributed by atoms with Crippen LogP contribution < -0.4 is 5.32 Å². The highest BCUT2D eigenvalue weighted by atomic mass is 79.9. The fourth-order valence-corrected chi connectivity index (χ4v) is 2.00. The molecule has 0 saturated heterocycles. The van der Waals surface area contributed by atoms with Crippen LogP contribution in [0.4, 0.5) is 15.8 Å². The van der Waals surface area contributed by atoms with Gasteiger partial charge in [-0.15, -0.1) is 0 Å². The Hall–Kier alpha value is -1.22. The molecule has 0 unspecified atom stereocenters. The summed E-state index contributed by atoms with van der Waals surface area (Å²) in [4.78, 5) is 10.1. The molecule has 9 heteroatoms. The van der Waals surface area contributed by atoms with Crippen molar-refractivity contribution in [3.8, 4) is 0 Å². The van der Waals surface area contributed by atoms with E-state index in [0.29, 0.717) is 0 Å². The first-order chi connectivity index (χ1) is 8.20. The molecule has 0 spiro atoms. The Morgan fingerprint density at radius 2 is 2.11 bits per heavy atom. The van der Waals surface area contributed by atoms with Crippen molar-refractivity contribution in [3.05, 3.63) is 32.5 Å². The fraction of sp³-hybridized carbons (Fsp3) is 0.333. The van der Waals surface area contributed by atoms with Crippen LogP contribution in [-0.2, 0) is 9.84 Å². The van der Waals surface area contributed by atoms with Crippen molar-refractivity contribution in [1.29, 1.82) is 0 Å². The van der Waals surface area contributed by atoms with Crippen molar-refractivity contribution >= 4 is 37.1 Å². The molecule has 0 saturated carbocycles. The molecule has 6 nitrogen and oxygen atoms in total. The molecule has 18 heavy (non-hydrogen) atoms. The van der Waals surface area contributed by atoms with Crippen LogP contribution in [0.5, 0.6) is 0 Å². The third-order valence-electron chi connectivity index (χ3n) is 2.02. The van der Waals surface area contributed by atoms with Crippen LogP contribution >= 0.6 is 15.9 Å². The molecule has 0 radical (unpaired) electrons. The van der Waals surface area contributed by atoms with E-state index in [9.17, 15) is 22.9 Å². The van der Waals surface area contributed by atoms with Crippen molar-refractivity contribution in [2.24, 2.45) is 0 Å². The van der Waals surface area contributed by atoms with Crippen molar-refractivity contribution in [2.45, 2.75) is 0 Å². The molecule has 100 valence electrons. The van der Waals surface area contributed by atoms with Gasteiger partial charge in [-0.3, -0.25) is 10.1 Å². The normalized spacial score (nSPS) is 11.3. The fourth-order valence-electron chi connectivity index (χ4n) is 1.20. The molecule has 1 aromatic carbocycles. The average Bonchev–Trinajstić information content (AvgIpc) is 2.20. The molecule has 0 heterocycles. The van der Waals surface area contributed by atoms with Crippen LogP contribution in [0.2, 0.25) is 0 Å². The van der Waals surface area contributed by atoms with Crippen LogP contribution in [-0.4, -0.2) is 31.9 Å². The Morgan fingerprint density at radius 3 is 2.61 bits per heavy atom. The first-order valence-electron chi connectivity index (χ1n) is 4.76. The first-order valence-corrected chi connectivity index (χ1v) is 7.61. The second kappa shape index (κ2) is 5.61. The largest absolute Gasteiger partial charge is 0.378 e. The number of nitro groups is 1. The van der Waals surface area contributed by atoms with E-state index in [-0.39, 0.29) is 28.1 Å². The van der Waals surface area contributed by atoms with E-state index in [4.69, 9.17) is 0 Å². The Kier molecular flexibility index (Phi) is 4.63. The van der Waals surface area contributed by atoms with Gasteiger partial charge in [0.25, 0.3) is 5.69 Å². The predicted molar refractivity (Wildman–Crippen MR) is 69.0 cm³/mol. The van der Waals surface area contributed by atoms with Crippen molar-refractivity contribution < 1.29 is 17.7 Å². The number of anilines is 1. The second-order valence-corrected chi connectivity index (χ2v) is 6.71. The molecule has 1 rings (SSSR count). The van der Waals surface area contributed by atoms with E-state index in [1.165, 1.54) is 0 Å². The molecule has 0 bridgehead atoms. The minimum atomic E-state index is -3.18. The van der Waals surface area contributed by atoms with Crippen LogP contribution in [0.15, 0.2) is 16.6 Å². The number of rotatable bonds is 5. The predicted octanol–water partition coefficient (Wildman–Crippen LogP) is 1.95. The minimum absolute atomic E-state index is 0.0251. The van der Waals surface area contributed by atoms with E-state index < -0.39 is 20.6 Å². The first kappa shape index (κ1) is 14.8. The Balaban J connectivity index is 2.94. The molecule has 0 aliphatic rings. The minimum Gasteiger partial charge on any atom is -0.378 e. The van der Waals surface area contributed by atoms with Crippen molar-refractivity contribution in [1.82, 2.24) is 0 Å². The van der Waals surface area contributed by atoms with Crippen LogP contribution in [0.25, 0.3) is 0 Å². The topological polar surface area (TPSA) is 89.3 Å². The zero-order valence-corrected chi connectivity index (χ0v) is 11.7. The van der Waals surface area contributed by atoms with Crippen LogP contribution in [0.1, 0.15) is 0 Å². The summed E-state index contributed by atoms with van der Waals surface area (Å²) in [5.41, 5.74) is -0.374. The monoisotopic (exact) mass is 340 g/mol. The standard InChI is InChI=1S/C9H10BrFN2O4S/c1-18(16,17)3-2-12-8-5-7(11)6(10)4-9(8)13(14)15/h4-5,12H,2-3H2,1H3. The number of nitro benzene ring substituents is 1. The van der Waals surface area contributed by atoms with Gasteiger partial charge in [-0.1, -0.05) is 0 Å². The Bertz CT molecular complexity index is 576. The molecule has 0 aliphatic carbocycles. The number of hydrogen-bond donors (Lipinski definition) is 1. The van der Waals surface area contributed by atoms with Gasteiger partial charge in [0.2, 0.25) is 0 Å². The second-order valence-electron chi connectivity index (χ2n) is 3.60. The van der Waals surface area contributed by atoms with Gasteiger partial charge >= 0.3 is 0 Å². The number of nitrogens with zero attached hydrogens (tertiary/aromatic N) is 1. The summed E-state index contributed by atoms with van der Waals surface area (Å²) in [6.45, 7) is -0.0270. The van der Waals surface area contributed by atoms with E-state index in [0.717, 1.165) is 18.4 Å². The van der Waals surface area contributed by atoms with Gasteiger partial charge in [0.05, 0.1) is 15.1 Å². The van der Waals surface area contributed by atoms with Crippen molar-refractivity contribution in [3.63, 3.8) is 0 Å². The molecule has 1 N–H and O–H groups in total. The molecule has 0 atom stereocenters. The maximum absolute atomic E-state index is 13.3. The summed E-state index contributed by atoms with van der Waals surface area (Å²) >= 11 is 2.85. The lowest BCUT2D eigenvalue weighted by Gasteiger charge is -2.07. The van der Waals surface area contributed by atoms with Gasteiger partial charge in [-0.2, -0.15) is 0 Å². The zero-order valence-electron chi connectivity index (χ0n) is 9.31. The van der Waals surface area contributed by atoms with Gasteiger partial charge in [-0.05, 0) is 15.9 Å². The van der Waals surface area contributed by atoms with Gasteiger partial charge in [0.15, 0.2) is 0 Å². The summed E-state index contributed by atoms with van der Waals surface area (Å²) in [6.07, 6.45) is 1.05. The summed E-state index contributed by atoms with van der Waals surface area (Å²) in [5.74, 6) is -0.857. The SMILES string of the molecule is CS(=O)(=O)CCNc1cc(F)c(Br)cc1[N+](=O)[O-]. The average molecular weight is 341 g/mol. The summed E-state index contributed by atoms with van der Waals surface area (Å²) < 4.78 is 35.0. The van der Waals surface area contributed by atoms with Crippen molar-refractivity contribution in [2.75, 3.05) is 23.9 Å². The van der Waals surface area contributed by atoms with Gasteiger partial charge in [0, 0.05) is 24.9 Å². The zero-order chi connectivity index (χ0) is 13.9. The van der Waals surface area contributed by atoms with E-state index in [2.05, 4.69) is 21.2 Å². The summed E-state index contributed by atoms with van der Waals surface area (Å²) in [5, 5.41) is 13.3. The molecule has 1 aromatic rings. The lowest BCUT2D eigenvalue weighted by atomic mass is 10.2. The summed E-state index contributed by atoms with van der Waals surface area (Å²) in [7, 11) is -3.18. The maximum Gasteiger partial charge on any atom is 0.293 e. The molecule has 0 fully saturated rings. The molecule has 0 aliphatic heterocycles. The highest BCUT2D eigenvalue weighted by molar-refractivity contribution is 9.10. The summed E-state index contributed by atoms with van der Waals surface area (Å²) in [6, 6.07) is 1.97.